The van der Waals surface area contributed by atoms with E-state index in [4.69, 9.17) is 9.47 Å². The van der Waals surface area contributed by atoms with E-state index in [0.717, 1.165) is 42.3 Å². The third kappa shape index (κ3) is 4.25. The molecule has 0 unspecified atom stereocenters. The molecule has 0 atom stereocenters. The topological polar surface area (TPSA) is 90.2 Å². The number of aryl methyl sites for hydroxylation is 1. The molecule has 3 aromatic rings. The Balaban J connectivity index is 1.40. The molecule has 0 saturated heterocycles. The van der Waals surface area contributed by atoms with Crippen molar-refractivity contribution < 1.29 is 22.7 Å². The summed E-state index contributed by atoms with van der Waals surface area (Å²) < 4.78 is 41.7. The van der Waals surface area contributed by atoms with Crippen LogP contribution in [-0.2, 0) is 17.1 Å². The maximum Gasteiger partial charge on any atom is 0.279 e. The van der Waals surface area contributed by atoms with Crippen LogP contribution in [0.1, 0.15) is 42.5 Å². The van der Waals surface area contributed by atoms with E-state index in [-0.39, 0.29) is 10.9 Å². The zero-order valence-corrected chi connectivity index (χ0v) is 20.8. The van der Waals surface area contributed by atoms with Gasteiger partial charge in [-0.3, -0.25) is 4.79 Å². The van der Waals surface area contributed by atoms with Crippen molar-refractivity contribution in [2.45, 2.75) is 43.0 Å². The van der Waals surface area contributed by atoms with Gasteiger partial charge < -0.3 is 14.0 Å². The van der Waals surface area contributed by atoms with Gasteiger partial charge in [0.15, 0.2) is 16.3 Å². The quantitative estimate of drug-likeness (QED) is 0.544. The molecule has 0 bridgehead atoms. The summed E-state index contributed by atoms with van der Waals surface area (Å²) in [5.41, 5.74) is 1.23. The fourth-order valence-corrected chi connectivity index (χ4v) is 6.94. The predicted molar refractivity (Wildman–Crippen MR) is 130 cm³/mol. The van der Waals surface area contributed by atoms with Gasteiger partial charge in [-0.05, 0) is 37.1 Å². The number of carbonyl (C=O) groups is 1. The minimum atomic E-state index is -3.61. The molecule has 2 aromatic carbocycles. The highest BCUT2D eigenvalue weighted by Crippen LogP contribution is 2.35. The predicted octanol–water partition coefficient (Wildman–Crippen LogP) is 3.71. The molecule has 0 radical (unpaired) electrons. The van der Waals surface area contributed by atoms with E-state index in [1.54, 1.807) is 7.05 Å². The number of fused-ring (bicyclic) bond motifs is 2. The van der Waals surface area contributed by atoms with Crippen LogP contribution < -0.4 is 14.3 Å². The van der Waals surface area contributed by atoms with Crippen molar-refractivity contribution in [3.8, 4) is 11.5 Å². The zero-order chi connectivity index (χ0) is 23.9. The van der Waals surface area contributed by atoms with Crippen LogP contribution in [0.3, 0.4) is 0 Å². The number of nitrogens with zero attached hydrogens (tertiary/aromatic N) is 3. The van der Waals surface area contributed by atoms with Gasteiger partial charge in [-0.1, -0.05) is 30.6 Å². The first-order chi connectivity index (χ1) is 16.3. The summed E-state index contributed by atoms with van der Waals surface area (Å²) in [5.74, 6) is 0.942. The fraction of sp³-hybridized carbons (Fsp3) is 0.417. The Bertz CT molecular complexity index is 1400. The Morgan fingerprint density at radius 3 is 2.38 bits per heavy atom. The number of rotatable bonds is 4. The van der Waals surface area contributed by atoms with E-state index < -0.39 is 15.9 Å². The summed E-state index contributed by atoms with van der Waals surface area (Å²) in [6.07, 6.45) is 5.04. The number of ether oxygens (including phenoxy) is 2. The molecule has 1 fully saturated rings. The SMILES string of the molecule is CN(C1CCCCC1)S(=O)(=O)c1ccc(C(=O)N=c2sc3cc4c(cc3n2C)OCCO4)cc1. The largest absolute Gasteiger partial charge is 0.486 e. The molecule has 1 saturated carbocycles. The zero-order valence-electron chi connectivity index (χ0n) is 19.2. The third-order valence-electron chi connectivity index (χ3n) is 6.54. The van der Waals surface area contributed by atoms with Gasteiger partial charge in [-0.15, -0.1) is 0 Å². The van der Waals surface area contributed by atoms with Gasteiger partial charge in [0.05, 0.1) is 15.1 Å². The molecule has 1 aromatic heterocycles. The van der Waals surface area contributed by atoms with Crippen LogP contribution in [0, 0.1) is 0 Å². The highest BCUT2D eigenvalue weighted by atomic mass is 32.2. The molecular weight excluding hydrogens is 474 g/mol. The van der Waals surface area contributed by atoms with Gasteiger partial charge in [0.25, 0.3) is 5.91 Å². The Labute approximate surface area is 202 Å². The highest BCUT2D eigenvalue weighted by molar-refractivity contribution is 7.89. The van der Waals surface area contributed by atoms with Crippen molar-refractivity contribution >= 4 is 37.5 Å². The summed E-state index contributed by atoms with van der Waals surface area (Å²) in [7, 11) is -0.114. The second-order valence-electron chi connectivity index (χ2n) is 8.66. The Kier molecular flexibility index (Phi) is 6.22. The molecule has 0 N–H and O–H groups in total. The molecule has 0 spiro atoms. The number of hydrogen-bond acceptors (Lipinski definition) is 6. The molecule has 34 heavy (non-hydrogen) atoms. The normalized spacial score (nSPS) is 17.4. The lowest BCUT2D eigenvalue weighted by molar-refractivity contribution is 0.0998. The first kappa shape index (κ1) is 23.1. The van der Waals surface area contributed by atoms with Crippen LogP contribution in [0.4, 0.5) is 0 Å². The van der Waals surface area contributed by atoms with Gasteiger partial charge in [0, 0.05) is 37.8 Å². The summed E-state index contributed by atoms with van der Waals surface area (Å²) in [4.78, 5) is 17.9. The first-order valence-electron chi connectivity index (χ1n) is 11.4. The van der Waals surface area contributed by atoms with Crippen LogP contribution in [-0.4, -0.2) is 49.5 Å². The van der Waals surface area contributed by atoms with Crippen molar-refractivity contribution in [2.24, 2.45) is 12.0 Å². The Morgan fingerprint density at radius 2 is 1.71 bits per heavy atom. The average molecular weight is 502 g/mol. The van der Waals surface area contributed by atoms with E-state index in [2.05, 4.69) is 4.99 Å². The lowest BCUT2D eigenvalue weighted by Gasteiger charge is -2.30. The highest BCUT2D eigenvalue weighted by Gasteiger charge is 2.29. The smallest absolute Gasteiger partial charge is 0.279 e. The van der Waals surface area contributed by atoms with Crippen LogP contribution in [0.5, 0.6) is 11.5 Å². The van der Waals surface area contributed by atoms with Crippen molar-refractivity contribution in [3.05, 3.63) is 46.8 Å². The van der Waals surface area contributed by atoms with E-state index in [0.29, 0.717) is 35.1 Å². The van der Waals surface area contributed by atoms with Gasteiger partial charge in [-0.25, -0.2) is 8.42 Å². The van der Waals surface area contributed by atoms with Crippen LogP contribution in [0.2, 0.25) is 0 Å². The minimum absolute atomic E-state index is 0.0319. The molecule has 2 heterocycles. The molecule has 10 heteroatoms. The lowest BCUT2D eigenvalue weighted by Crippen LogP contribution is -2.38. The molecule has 180 valence electrons. The molecule has 2 aliphatic rings. The van der Waals surface area contributed by atoms with Gasteiger partial charge in [0.1, 0.15) is 13.2 Å². The second-order valence-corrected chi connectivity index (χ2v) is 11.7. The molecule has 1 amide bonds. The molecule has 1 aliphatic carbocycles. The number of benzene rings is 2. The number of thiazole rings is 1. The number of hydrogen-bond donors (Lipinski definition) is 0. The van der Waals surface area contributed by atoms with Crippen molar-refractivity contribution in [1.82, 2.24) is 8.87 Å². The van der Waals surface area contributed by atoms with Crippen LogP contribution in [0.25, 0.3) is 10.2 Å². The summed E-state index contributed by atoms with van der Waals surface area (Å²) in [6, 6.07) is 9.87. The van der Waals surface area contributed by atoms with Crippen molar-refractivity contribution in [3.63, 3.8) is 0 Å². The molecule has 5 rings (SSSR count). The van der Waals surface area contributed by atoms with E-state index in [1.807, 2.05) is 23.7 Å². The summed E-state index contributed by atoms with van der Waals surface area (Å²) in [6.45, 7) is 1.01. The second kappa shape index (κ2) is 9.16. The maximum atomic E-state index is 13.1. The Morgan fingerprint density at radius 1 is 1.06 bits per heavy atom. The summed E-state index contributed by atoms with van der Waals surface area (Å²) >= 11 is 1.38. The monoisotopic (exact) mass is 501 g/mol. The van der Waals surface area contributed by atoms with E-state index >= 15 is 0 Å². The first-order valence-corrected chi connectivity index (χ1v) is 13.7. The number of sulfonamides is 1. The van der Waals surface area contributed by atoms with E-state index in [1.165, 1.54) is 39.9 Å². The number of amides is 1. The average Bonchev–Trinajstić information content (AvgIpc) is 3.16. The molecule has 1 aliphatic heterocycles. The minimum Gasteiger partial charge on any atom is -0.486 e. The van der Waals surface area contributed by atoms with Crippen molar-refractivity contribution in [1.29, 1.82) is 0 Å². The van der Waals surface area contributed by atoms with Crippen LogP contribution in [0.15, 0.2) is 46.3 Å². The lowest BCUT2D eigenvalue weighted by atomic mass is 9.96. The van der Waals surface area contributed by atoms with Gasteiger partial charge >= 0.3 is 0 Å². The third-order valence-corrected chi connectivity index (χ3v) is 9.56. The van der Waals surface area contributed by atoms with Gasteiger partial charge in [0.2, 0.25) is 10.0 Å². The molecule has 8 nitrogen and oxygen atoms in total. The standard InChI is InChI=1S/C24H27N3O5S2/c1-26-19-14-20-21(32-13-12-31-20)15-22(19)33-24(26)25-23(28)16-8-10-18(11-9-16)34(29,30)27(2)17-6-4-3-5-7-17/h8-11,14-15,17H,3-7,12-13H2,1-2H3. The number of carbonyl (C=O) groups excluding carboxylic acids is 1. The Hall–Kier alpha value is -2.69. The van der Waals surface area contributed by atoms with Gasteiger partial charge in [-0.2, -0.15) is 9.30 Å². The fourth-order valence-electron chi connectivity index (χ4n) is 4.50. The van der Waals surface area contributed by atoms with E-state index in [9.17, 15) is 13.2 Å². The van der Waals surface area contributed by atoms with Crippen LogP contribution >= 0.6 is 11.3 Å². The van der Waals surface area contributed by atoms with Crippen molar-refractivity contribution in [2.75, 3.05) is 20.3 Å². The maximum absolute atomic E-state index is 13.1. The summed E-state index contributed by atoms with van der Waals surface area (Å²) in [5, 5.41) is 0. The number of aromatic nitrogens is 1. The molecular formula is C24H27N3O5S2.